The number of hydrogen-bond donors (Lipinski definition) is 1. The number of para-hydroxylation sites is 2. The summed E-state index contributed by atoms with van der Waals surface area (Å²) < 4.78 is 0. The van der Waals surface area contributed by atoms with Crippen molar-refractivity contribution in [2.75, 3.05) is 30.4 Å². The van der Waals surface area contributed by atoms with Crippen LogP contribution in [0.4, 0.5) is 11.4 Å². The van der Waals surface area contributed by atoms with Crippen LogP contribution >= 0.6 is 11.6 Å². The lowest BCUT2D eigenvalue weighted by atomic mass is 10.2. The Kier molecular flexibility index (Phi) is 5.91. The van der Waals surface area contributed by atoms with Crippen LogP contribution in [0, 0.1) is 0 Å². The van der Waals surface area contributed by atoms with Gasteiger partial charge in [-0.05, 0) is 43.3 Å². The van der Waals surface area contributed by atoms with Crippen molar-refractivity contribution in [2.24, 2.45) is 0 Å². The van der Waals surface area contributed by atoms with Crippen molar-refractivity contribution < 1.29 is 9.59 Å². The average Bonchev–Trinajstić information content (AvgIpc) is 3.03. The van der Waals surface area contributed by atoms with E-state index >= 15 is 0 Å². The van der Waals surface area contributed by atoms with Crippen LogP contribution in [0.5, 0.6) is 0 Å². The molecule has 1 aliphatic rings. The van der Waals surface area contributed by atoms with Gasteiger partial charge in [0.2, 0.25) is 11.8 Å². The van der Waals surface area contributed by atoms with Crippen LogP contribution in [-0.4, -0.2) is 36.9 Å². The molecule has 0 spiro atoms. The number of likely N-dealkylation sites (N-methyl/N-ethyl adjacent to an activating group) is 1. The van der Waals surface area contributed by atoms with E-state index < -0.39 is 0 Å². The van der Waals surface area contributed by atoms with Gasteiger partial charge >= 0.3 is 0 Å². The number of nitrogens with one attached hydrogen (secondary N) is 1. The molecule has 2 aromatic rings. The average molecular weight is 372 g/mol. The van der Waals surface area contributed by atoms with Gasteiger partial charge in [-0.1, -0.05) is 35.9 Å². The molecule has 1 N–H and O–H groups in total. The zero-order valence-electron chi connectivity index (χ0n) is 14.7. The molecule has 0 atom stereocenters. The third-order valence-corrected chi connectivity index (χ3v) is 4.57. The van der Waals surface area contributed by atoms with Crippen molar-refractivity contribution >= 4 is 34.8 Å². The zero-order chi connectivity index (χ0) is 18.5. The fraction of sp³-hybridized carbons (Fsp3) is 0.300. The van der Waals surface area contributed by atoms with Gasteiger partial charge in [0.1, 0.15) is 0 Å². The van der Waals surface area contributed by atoms with Crippen molar-refractivity contribution in [2.45, 2.75) is 19.4 Å². The standard InChI is InChI=1S/C20H22ClN3O2/c1-23(13-15-8-10-16(21)11-9-15)14-19(25)22-17-5-2-3-6-18(17)24-12-4-7-20(24)26/h2-3,5-6,8-11H,4,7,12-14H2,1H3,(H,22,25). The molecule has 0 bridgehead atoms. The summed E-state index contributed by atoms with van der Waals surface area (Å²) in [5.41, 5.74) is 2.53. The number of halogens is 1. The number of carbonyl (C=O) groups excluding carboxylic acids is 2. The largest absolute Gasteiger partial charge is 0.323 e. The number of amides is 2. The maximum atomic E-state index is 12.4. The van der Waals surface area contributed by atoms with E-state index in [0.29, 0.717) is 30.2 Å². The first kappa shape index (κ1) is 18.4. The number of hydrogen-bond acceptors (Lipinski definition) is 3. The summed E-state index contributed by atoms with van der Waals surface area (Å²) in [5.74, 6) is -0.00730. The number of anilines is 2. The molecule has 2 amide bonds. The second kappa shape index (κ2) is 8.34. The maximum Gasteiger partial charge on any atom is 0.238 e. The lowest BCUT2D eigenvalue weighted by molar-refractivity contribution is -0.118. The summed E-state index contributed by atoms with van der Waals surface area (Å²) in [5, 5.41) is 3.63. The van der Waals surface area contributed by atoms with Gasteiger partial charge in [0.05, 0.1) is 17.9 Å². The highest BCUT2D eigenvalue weighted by molar-refractivity contribution is 6.30. The molecule has 1 fully saturated rings. The Morgan fingerprint density at radius 2 is 1.92 bits per heavy atom. The van der Waals surface area contributed by atoms with Gasteiger partial charge in [0, 0.05) is 24.5 Å². The molecule has 0 radical (unpaired) electrons. The Balaban J connectivity index is 1.61. The van der Waals surface area contributed by atoms with Crippen LogP contribution in [0.3, 0.4) is 0 Å². The minimum atomic E-state index is -0.111. The fourth-order valence-corrected chi connectivity index (χ4v) is 3.24. The molecule has 6 heteroatoms. The minimum absolute atomic E-state index is 0.103. The molecule has 26 heavy (non-hydrogen) atoms. The molecular weight excluding hydrogens is 350 g/mol. The summed E-state index contributed by atoms with van der Waals surface area (Å²) in [4.78, 5) is 28.1. The van der Waals surface area contributed by atoms with Gasteiger partial charge in [-0.25, -0.2) is 0 Å². The van der Waals surface area contributed by atoms with Crippen molar-refractivity contribution in [1.82, 2.24) is 4.90 Å². The van der Waals surface area contributed by atoms with Crippen molar-refractivity contribution in [3.05, 3.63) is 59.1 Å². The van der Waals surface area contributed by atoms with Gasteiger partial charge < -0.3 is 10.2 Å². The van der Waals surface area contributed by atoms with Crippen LogP contribution < -0.4 is 10.2 Å². The number of nitrogens with zero attached hydrogens (tertiary/aromatic N) is 2. The molecule has 1 saturated heterocycles. The van der Waals surface area contributed by atoms with Crippen LogP contribution in [0.1, 0.15) is 18.4 Å². The first-order chi connectivity index (χ1) is 12.5. The lowest BCUT2D eigenvalue weighted by Crippen LogP contribution is -2.31. The van der Waals surface area contributed by atoms with E-state index in [2.05, 4.69) is 5.32 Å². The van der Waals surface area contributed by atoms with Crippen molar-refractivity contribution in [3.8, 4) is 0 Å². The summed E-state index contributed by atoms with van der Waals surface area (Å²) in [6.45, 7) is 1.60. The number of rotatable bonds is 6. The number of carbonyl (C=O) groups is 2. The molecule has 1 aliphatic heterocycles. The highest BCUT2D eigenvalue weighted by Gasteiger charge is 2.24. The molecule has 0 saturated carbocycles. The summed E-state index contributed by atoms with van der Waals surface area (Å²) in [6.07, 6.45) is 1.41. The van der Waals surface area contributed by atoms with Crippen LogP contribution in [0.15, 0.2) is 48.5 Å². The van der Waals surface area contributed by atoms with Gasteiger partial charge in [-0.2, -0.15) is 0 Å². The van der Waals surface area contributed by atoms with E-state index in [9.17, 15) is 9.59 Å². The number of benzene rings is 2. The fourth-order valence-electron chi connectivity index (χ4n) is 3.11. The molecule has 0 aliphatic carbocycles. The molecule has 3 rings (SSSR count). The summed E-state index contributed by atoms with van der Waals surface area (Å²) >= 11 is 5.90. The second-order valence-corrected chi connectivity index (χ2v) is 6.95. The third kappa shape index (κ3) is 4.62. The van der Waals surface area contributed by atoms with E-state index in [1.165, 1.54) is 0 Å². The SMILES string of the molecule is CN(CC(=O)Nc1ccccc1N1CCCC1=O)Cc1ccc(Cl)cc1. The van der Waals surface area contributed by atoms with E-state index in [0.717, 1.165) is 17.7 Å². The summed E-state index contributed by atoms with van der Waals surface area (Å²) in [7, 11) is 1.89. The summed E-state index contributed by atoms with van der Waals surface area (Å²) in [6, 6.07) is 15.0. The Hall–Kier alpha value is -2.37. The first-order valence-electron chi connectivity index (χ1n) is 8.65. The highest BCUT2D eigenvalue weighted by atomic mass is 35.5. The van der Waals surface area contributed by atoms with Gasteiger partial charge in [-0.15, -0.1) is 0 Å². The predicted molar refractivity (Wildman–Crippen MR) is 104 cm³/mol. The molecule has 2 aromatic carbocycles. The van der Waals surface area contributed by atoms with Crippen molar-refractivity contribution in [1.29, 1.82) is 0 Å². The van der Waals surface area contributed by atoms with Gasteiger partial charge in [-0.3, -0.25) is 14.5 Å². The van der Waals surface area contributed by atoms with Crippen LogP contribution in [0.25, 0.3) is 0 Å². The highest BCUT2D eigenvalue weighted by Crippen LogP contribution is 2.29. The van der Waals surface area contributed by atoms with E-state index in [1.54, 1.807) is 4.90 Å². The smallest absolute Gasteiger partial charge is 0.238 e. The molecule has 1 heterocycles. The van der Waals surface area contributed by atoms with Gasteiger partial charge in [0.15, 0.2) is 0 Å². The topological polar surface area (TPSA) is 52.7 Å². The Morgan fingerprint density at radius 1 is 1.19 bits per heavy atom. The second-order valence-electron chi connectivity index (χ2n) is 6.51. The predicted octanol–water partition coefficient (Wildman–Crippen LogP) is 3.54. The third-order valence-electron chi connectivity index (χ3n) is 4.32. The monoisotopic (exact) mass is 371 g/mol. The Labute approximate surface area is 158 Å². The molecule has 136 valence electrons. The Morgan fingerprint density at radius 3 is 2.62 bits per heavy atom. The maximum absolute atomic E-state index is 12.4. The van der Waals surface area contributed by atoms with Crippen LogP contribution in [-0.2, 0) is 16.1 Å². The molecule has 0 unspecified atom stereocenters. The van der Waals surface area contributed by atoms with E-state index in [-0.39, 0.29) is 18.4 Å². The lowest BCUT2D eigenvalue weighted by Gasteiger charge is -2.21. The first-order valence-corrected chi connectivity index (χ1v) is 9.03. The molecule has 0 aromatic heterocycles. The van der Waals surface area contributed by atoms with E-state index in [1.807, 2.05) is 60.5 Å². The van der Waals surface area contributed by atoms with Gasteiger partial charge in [0.25, 0.3) is 0 Å². The zero-order valence-corrected chi connectivity index (χ0v) is 15.5. The van der Waals surface area contributed by atoms with Crippen molar-refractivity contribution in [3.63, 3.8) is 0 Å². The normalized spacial score (nSPS) is 14.1. The Bertz CT molecular complexity index is 792. The quantitative estimate of drug-likeness (QED) is 0.845. The van der Waals surface area contributed by atoms with Crippen LogP contribution in [0.2, 0.25) is 5.02 Å². The van der Waals surface area contributed by atoms with E-state index in [4.69, 9.17) is 11.6 Å². The molecule has 5 nitrogen and oxygen atoms in total. The molecular formula is C20H22ClN3O2. The minimum Gasteiger partial charge on any atom is -0.323 e.